The predicted octanol–water partition coefficient (Wildman–Crippen LogP) is 4.41. The van der Waals surface area contributed by atoms with Crippen LogP contribution in [0.5, 0.6) is 11.5 Å². The van der Waals surface area contributed by atoms with Gasteiger partial charge in [0.05, 0.1) is 19.3 Å². The molecule has 2 heterocycles. The fourth-order valence-electron chi connectivity index (χ4n) is 3.17. The molecule has 1 aliphatic carbocycles. The highest BCUT2D eigenvalue weighted by Crippen LogP contribution is 2.43. The van der Waals surface area contributed by atoms with Gasteiger partial charge in [0.1, 0.15) is 5.01 Å². The van der Waals surface area contributed by atoms with E-state index in [-0.39, 0.29) is 6.04 Å². The molecule has 4 rings (SSSR count). The summed E-state index contributed by atoms with van der Waals surface area (Å²) in [6, 6.07) is 6.90. The Labute approximate surface area is 147 Å². The number of hydrogen-bond donors (Lipinski definition) is 1. The maximum absolute atomic E-state index is 5.83. The molecule has 0 bridgehead atoms. The van der Waals surface area contributed by atoms with E-state index in [1.165, 1.54) is 28.3 Å². The van der Waals surface area contributed by atoms with E-state index in [2.05, 4.69) is 36.3 Å². The summed E-state index contributed by atoms with van der Waals surface area (Å²) in [6.07, 6.45) is 5.51. The van der Waals surface area contributed by atoms with Crippen LogP contribution in [0.15, 0.2) is 24.4 Å². The van der Waals surface area contributed by atoms with Crippen molar-refractivity contribution in [1.82, 2.24) is 10.3 Å². The molecule has 4 nitrogen and oxygen atoms in total. The molecule has 0 unspecified atom stereocenters. The summed E-state index contributed by atoms with van der Waals surface area (Å²) in [5.74, 6) is 2.45. The molecule has 5 heteroatoms. The Balaban J connectivity index is 1.52. The first-order valence-corrected chi connectivity index (χ1v) is 9.60. The Morgan fingerprint density at radius 2 is 2.00 bits per heavy atom. The topological polar surface area (TPSA) is 43.4 Å². The summed E-state index contributed by atoms with van der Waals surface area (Å²) in [6.45, 7) is 5.79. The van der Waals surface area contributed by atoms with E-state index in [0.29, 0.717) is 6.04 Å². The molecule has 1 N–H and O–H groups in total. The first-order valence-electron chi connectivity index (χ1n) is 8.78. The molecule has 128 valence electrons. The van der Waals surface area contributed by atoms with E-state index in [1.807, 2.05) is 23.6 Å². The Hall–Kier alpha value is -1.59. The van der Waals surface area contributed by atoms with E-state index in [0.717, 1.165) is 37.1 Å². The number of thiazole rings is 1. The smallest absolute Gasteiger partial charge is 0.161 e. The van der Waals surface area contributed by atoms with Crippen LogP contribution in [0.25, 0.3) is 0 Å². The van der Waals surface area contributed by atoms with Gasteiger partial charge in [0.25, 0.3) is 0 Å². The normalized spacial score (nSPS) is 19.6. The van der Waals surface area contributed by atoms with E-state index in [9.17, 15) is 0 Å². The highest BCUT2D eigenvalue weighted by molar-refractivity contribution is 7.11. The molecule has 2 aliphatic rings. The van der Waals surface area contributed by atoms with E-state index in [1.54, 1.807) is 0 Å². The Bertz CT molecular complexity index is 711. The lowest BCUT2D eigenvalue weighted by Crippen LogP contribution is -2.26. The molecular weight excluding hydrogens is 320 g/mol. The third-order valence-corrected chi connectivity index (χ3v) is 5.70. The van der Waals surface area contributed by atoms with Crippen molar-refractivity contribution in [3.05, 3.63) is 39.8 Å². The zero-order valence-electron chi connectivity index (χ0n) is 14.2. The first-order chi connectivity index (χ1) is 11.7. The monoisotopic (exact) mass is 344 g/mol. The Kier molecular flexibility index (Phi) is 4.46. The van der Waals surface area contributed by atoms with Gasteiger partial charge in [-0.2, -0.15) is 0 Å². The standard InChI is InChI=1S/C19H24N2O2S/c1-12-11-20-19(24-12)18(14-4-5-14)21-13(2)15-6-7-16-17(10-15)23-9-3-8-22-16/h6-7,10-11,13-14,18,21H,3-5,8-9H2,1-2H3/t13-,18+/m0/s1. The van der Waals surface area contributed by atoms with Crippen molar-refractivity contribution in [3.63, 3.8) is 0 Å². The van der Waals surface area contributed by atoms with Gasteiger partial charge in [0.15, 0.2) is 11.5 Å². The van der Waals surface area contributed by atoms with Crippen LogP contribution in [0, 0.1) is 12.8 Å². The first kappa shape index (κ1) is 15.9. The zero-order chi connectivity index (χ0) is 16.5. The lowest BCUT2D eigenvalue weighted by Gasteiger charge is -2.22. The van der Waals surface area contributed by atoms with Crippen LogP contribution in [0.3, 0.4) is 0 Å². The number of ether oxygens (including phenoxy) is 2. The number of hydrogen-bond acceptors (Lipinski definition) is 5. The lowest BCUT2D eigenvalue weighted by molar-refractivity contribution is 0.297. The fraction of sp³-hybridized carbons (Fsp3) is 0.526. The van der Waals surface area contributed by atoms with E-state index < -0.39 is 0 Å². The maximum Gasteiger partial charge on any atom is 0.161 e. The molecule has 0 spiro atoms. The third-order valence-electron chi connectivity index (χ3n) is 4.70. The fourth-order valence-corrected chi connectivity index (χ4v) is 4.10. The van der Waals surface area contributed by atoms with Gasteiger partial charge in [0.2, 0.25) is 0 Å². The molecule has 2 atom stereocenters. The van der Waals surface area contributed by atoms with Crippen LogP contribution < -0.4 is 14.8 Å². The van der Waals surface area contributed by atoms with Crippen LogP contribution in [0.4, 0.5) is 0 Å². The van der Waals surface area contributed by atoms with E-state index in [4.69, 9.17) is 9.47 Å². The molecule has 0 amide bonds. The highest BCUT2D eigenvalue weighted by atomic mass is 32.1. The summed E-state index contributed by atoms with van der Waals surface area (Å²) in [4.78, 5) is 5.90. The lowest BCUT2D eigenvalue weighted by atomic mass is 10.1. The summed E-state index contributed by atoms with van der Waals surface area (Å²) in [7, 11) is 0. The maximum atomic E-state index is 5.83. The summed E-state index contributed by atoms with van der Waals surface area (Å²) in [5.41, 5.74) is 1.23. The quantitative estimate of drug-likeness (QED) is 0.872. The van der Waals surface area contributed by atoms with Crippen molar-refractivity contribution in [2.24, 2.45) is 5.92 Å². The SMILES string of the molecule is Cc1cnc([C@H](N[C@@H](C)c2ccc3c(c2)OCCCO3)C2CC2)s1. The van der Waals surface area contributed by atoms with Gasteiger partial charge in [-0.25, -0.2) is 4.98 Å². The number of aromatic nitrogens is 1. The average molecular weight is 344 g/mol. The van der Waals surface area contributed by atoms with Crippen molar-refractivity contribution >= 4 is 11.3 Å². The van der Waals surface area contributed by atoms with Crippen molar-refractivity contribution in [1.29, 1.82) is 0 Å². The number of rotatable bonds is 5. The van der Waals surface area contributed by atoms with Crippen molar-refractivity contribution < 1.29 is 9.47 Å². The van der Waals surface area contributed by atoms with Gasteiger partial charge in [-0.05, 0) is 50.3 Å². The van der Waals surface area contributed by atoms with Crippen LogP contribution >= 0.6 is 11.3 Å². The second-order valence-corrected chi connectivity index (χ2v) is 8.04. The molecule has 1 aliphatic heterocycles. The predicted molar refractivity (Wildman–Crippen MR) is 95.9 cm³/mol. The molecule has 0 radical (unpaired) electrons. The molecule has 0 saturated heterocycles. The van der Waals surface area contributed by atoms with Crippen LogP contribution in [-0.2, 0) is 0 Å². The second-order valence-electron chi connectivity index (χ2n) is 6.77. The largest absolute Gasteiger partial charge is 0.490 e. The van der Waals surface area contributed by atoms with Crippen LogP contribution in [-0.4, -0.2) is 18.2 Å². The highest BCUT2D eigenvalue weighted by Gasteiger charge is 2.35. The van der Waals surface area contributed by atoms with Crippen LogP contribution in [0.1, 0.15) is 53.7 Å². The van der Waals surface area contributed by atoms with Gasteiger partial charge in [0, 0.05) is 23.5 Å². The minimum Gasteiger partial charge on any atom is -0.490 e. The number of aryl methyl sites for hydroxylation is 1. The summed E-state index contributed by atoms with van der Waals surface area (Å²) in [5, 5.41) is 5.02. The number of benzene rings is 1. The average Bonchev–Trinajstić information content (AvgIpc) is 3.37. The van der Waals surface area contributed by atoms with Gasteiger partial charge < -0.3 is 14.8 Å². The minimum absolute atomic E-state index is 0.247. The summed E-state index contributed by atoms with van der Waals surface area (Å²) >= 11 is 1.81. The molecule has 2 aromatic rings. The van der Waals surface area contributed by atoms with Crippen molar-refractivity contribution in [2.75, 3.05) is 13.2 Å². The van der Waals surface area contributed by atoms with Crippen LogP contribution in [0.2, 0.25) is 0 Å². The summed E-state index contributed by atoms with van der Waals surface area (Å²) < 4.78 is 11.6. The zero-order valence-corrected chi connectivity index (χ0v) is 15.1. The number of nitrogens with one attached hydrogen (secondary N) is 1. The number of fused-ring (bicyclic) bond motifs is 1. The molecule has 1 fully saturated rings. The minimum atomic E-state index is 0.247. The molecular formula is C19H24N2O2S. The molecule has 1 aromatic heterocycles. The van der Waals surface area contributed by atoms with Crippen molar-refractivity contribution in [2.45, 2.75) is 45.2 Å². The second kappa shape index (κ2) is 6.73. The van der Waals surface area contributed by atoms with Gasteiger partial charge >= 0.3 is 0 Å². The van der Waals surface area contributed by atoms with Crippen molar-refractivity contribution in [3.8, 4) is 11.5 Å². The van der Waals surface area contributed by atoms with Gasteiger partial charge in [-0.1, -0.05) is 6.07 Å². The molecule has 1 saturated carbocycles. The molecule has 24 heavy (non-hydrogen) atoms. The van der Waals surface area contributed by atoms with Gasteiger partial charge in [-0.3, -0.25) is 0 Å². The van der Waals surface area contributed by atoms with Gasteiger partial charge in [-0.15, -0.1) is 11.3 Å². The Morgan fingerprint density at radius 3 is 2.71 bits per heavy atom. The third kappa shape index (κ3) is 3.42. The molecule has 1 aromatic carbocycles. The number of nitrogens with zero attached hydrogens (tertiary/aromatic N) is 1. The van der Waals surface area contributed by atoms with E-state index >= 15 is 0 Å². The Morgan fingerprint density at radius 1 is 1.21 bits per heavy atom.